The number of anilines is 1. The normalized spacial score (nSPS) is 10.3. The van der Waals surface area contributed by atoms with Gasteiger partial charge in [0.2, 0.25) is 0 Å². The van der Waals surface area contributed by atoms with Crippen molar-refractivity contribution in [2.75, 3.05) is 12.4 Å². The molecule has 15 heavy (non-hydrogen) atoms. The zero-order valence-corrected chi connectivity index (χ0v) is 8.52. The SMILES string of the molecule is COC(=O)Nc1cn2nc(Cl)ccc2n1. The smallest absolute Gasteiger partial charge is 0.412 e. The highest BCUT2D eigenvalue weighted by Crippen LogP contribution is 2.11. The van der Waals surface area contributed by atoms with E-state index in [0.29, 0.717) is 16.6 Å². The van der Waals surface area contributed by atoms with Gasteiger partial charge in [0.05, 0.1) is 13.3 Å². The van der Waals surface area contributed by atoms with Crippen LogP contribution in [-0.4, -0.2) is 27.8 Å². The van der Waals surface area contributed by atoms with E-state index in [1.165, 1.54) is 17.8 Å². The number of ether oxygens (including phenoxy) is 1. The number of methoxy groups -OCH3 is 1. The largest absolute Gasteiger partial charge is 0.453 e. The van der Waals surface area contributed by atoms with Gasteiger partial charge in [-0.25, -0.2) is 14.3 Å². The molecule has 0 saturated carbocycles. The van der Waals surface area contributed by atoms with E-state index in [2.05, 4.69) is 20.1 Å². The van der Waals surface area contributed by atoms with Crippen molar-refractivity contribution in [2.24, 2.45) is 0 Å². The average molecular weight is 227 g/mol. The summed E-state index contributed by atoms with van der Waals surface area (Å²) in [4.78, 5) is 15.0. The van der Waals surface area contributed by atoms with Gasteiger partial charge in [-0.2, -0.15) is 5.10 Å². The van der Waals surface area contributed by atoms with Crippen LogP contribution in [0.1, 0.15) is 0 Å². The maximum Gasteiger partial charge on any atom is 0.412 e. The van der Waals surface area contributed by atoms with E-state index in [4.69, 9.17) is 11.6 Å². The summed E-state index contributed by atoms with van der Waals surface area (Å²) in [6, 6.07) is 3.31. The molecule has 0 aliphatic heterocycles. The predicted molar refractivity (Wildman–Crippen MR) is 54.0 cm³/mol. The lowest BCUT2D eigenvalue weighted by molar-refractivity contribution is 0.187. The van der Waals surface area contributed by atoms with Gasteiger partial charge < -0.3 is 4.74 Å². The first-order chi connectivity index (χ1) is 7.19. The van der Waals surface area contributed by atoms with E-state index in [0.717, 1.165) is 0 Å². The van der Waals surface area contributed by atoms with Crippen LogP contribution in [0.3, 0.4) is 0 Å². The molecule has 1 N–H and O–H groups in total. The van der Waals surface area contributed by atoms with Crippen molar-refractivity contribution in [1.82, 2.24) is 14.6 Å². The molecule has 2 aromatic rings. The zero-order chi connectivity index (χ0) is 10.8. The van der Waals surface area contributed by atoms with E-state index < -0.39 is 6.09 Å². The summed E-state index contributed by atoms with van der Waals surface area (Å²) in [6.45, 7) is 0. The van der Waals surface area contributed by atoms with Crippen LogP contribution < -0.4 is 5.32 Å². The third kappa shape index (κ3) is 1.99. The lowest BCUT2D eigenvalue weighted by atomic mass is 10.6. The van der Waals surface area contributed by atoms with E-state index in [-0.39, 0.29) is 0 Å². The molecule has 0 spiro atoms. The molecule has 2 rings (SSSR count). The van der Waals surface area contributed by atoms with Crippen LogP contribution in [0.15, 0.2) is 18.3 Å². The first-order valence-corrected chi connectivity index (χ1v) is 4.44. The van der Waals surface area contributed by atoms with Crippen LogP contribution in [0, 0.1) is 0 Å². The Balaban J connectivity index is 2.34. The topological polar surface area (TPSA) is 68.5 Å². The van der Waals surface area contributed by atoms with Gasteiger partial charge in [0.1, 0.15) is 5.15 Å². The maximum absolute atomic E-state index is 10.9. The summed E-state index contributed by atoms with van der Waals surface area (Å²) in [5, 5.41) is 6.73. The second-order valence-electron chi connectivity index (χ2n) is 2.70. The number of aromatic nitrogens is 3. The monoisotopic (exact) mass is 226 g/mol. The van der Waals surface area contributed by atoms with Crippen molar-refractivity contribution in [3.63, 3.8) is 0 Å². The molecule has 0 saturated heterocycles. The average Bonchev–Trinajstić information content (AvgIpc) is 2.59. The fourth-order valence-corrected chi connectivity index (χ4v) is 1.22. The van der Waals surface area contributed by atoms with Gasteiger partial charge in [0.25, 0.3) is 0 Å². The number of hydrogen-bond acceptors (Lipinski definition) is 4. The van der Waals surface area contributed by atoms with Crippen molar-refractivity contribution in [2.45, 2.75) is 0 Å². The number of imidazole rings is 1. The summed E-state index contributed by atoms with van der Waals surface area (Å²) in [5.74, 6) is 0.358. The Hall–Kier alpha value is -1.82. The highest BCUT2D eigenvalue weighted by atomic mass is 35.5. The van der Waals surface area contributed by atoms with Crippen molar-refractivity contribution in [3.05, 3.63) is 23.5 Å². The van der Waals surface area contributed by atoms with Crippen LogP contribution in [-0.2, 0) is 4.74 Å². The summed E-state index contributed by atoms with van der Waals surface area (Å²) in [5.41, 5.74) is 0.589. The quantitative estimate of drug-likeness (QED) is 0.801. The molecule has 2 aromatic heterocycles. The van der Waals surface area contributed by atoms with Crippen LogP contribution in [0.5, 0.6) is 0 Å². The molecule has 1 amide bonds. The molecular weight excluding hydrogens is 220 g/mol. The summed E-state index contributed by atoms with van der Waals surface area (Å²) >= 11 is 5.69. The Morgan fingerprint density at radius 2 is 2.40 bits per heavy atom. The molecule has 0 fully saturated rings. The third-order valence-electron chi connectivity index (χ3n) is 1.70. The lowest BCUT2D eigenvalue weighted by Crippen LogP contribution is -2.10. The molecule has 2 heterocycles. The fourth-order valence-electron chi connectivity index (χ4n) is 1.07. The molecular formula is C8H7ClN4O2. The number of carbonyl (C=O) groups excluding carboxylic acids is 1. The molecule has 0 aliphatic carbocycles. The molecule has 0 aliphatic rings. The lowest BCUT2D eigenvalue weighted by Gasteiger charge is -1.96. The van der Waals surface area contributed by atoms with Gasteiger partial charge in [0.15, 0.2) is 11.5 Å². The number of fused-ring (bicyclic) bond motifs is 1. The van der Waals surface area contributed by atoms with Crippen LogP contribution in [0.2, 0.25) is 5.15 Å². The standard InChI is InChI=1S/C8H7ClN4O2/c1-15-8(14)11-6-4-13-7(10-6)3-2-5(9)12-13/h2-4H,1H3,(H,11,14). The molecule has 78 valence electrons. The molecule has 0 radical (unpaired) electrons. The zero-order valence-electron chi connectivity index (χ0n) is 7.77. The molecule has 7 heteroatoms. The van der Waals surface area contributed by atoms with E-state index in [1.807, 2.05) is 0 Å². The van der Waals surface area contributed by atoms with Gasteiger partial charge in [-0.15, -0.1) is 0 Å². The first-order valence-electron chi connectivity index (χ1n) is 4.06. The molecule has 0 aromatic carbocycles. The van der Waals surface area contributed by atoms with Crippen LogP contribution in [0.25, 0.3) is 5.65 Å². The second kappa shape index (κ2) is 3.74. The minimum Gasteiger partial charge on any atom is -0.453 e. The highest BCUT2D eigenvalue weighted by molar-refractivity contribution is 6.29. The Bertz CT molecular complexity index is 510. The van der Waals surface area contributed by atoms with Crippen LogP contribution in [0.4, 0.5) is 10.6 Å². The Kier molecular flexibility index (Phi) is 2.42. The Morgan fingerprint density at radius 3 is 3.13 bits per heavy atom. The first kappa shape index (κ1) is 9.72. The molecule has 0 atom stereocenters. The van der Waals surface area contributed by atoms with Crippen LogP contribution >= 0.6 is 11.6 Å². The minimum atomic E-state index is -0.579. The number of halogens is 1. The number of carbonyl (C=O) groups is 1. The van der Waals surface area contributed by atoms with Crippen molar-refractivity contribution in [1.29, 1.82) is 0 Å². The number of nitrogens with one attached hydrogen (secondary N) is 1. The summed E-state index contributed by atoms with van der Waals surface area (Å²) in [6.07, 6.45) is 0.961. The third-order valence-corrected chi connectivity index (χ3v) is 1.90. The van der Waals surface area contributed by atoms with Crippen molar-refractivity contribution in [3.8, 4) is 0 Å². The number of hydrogen-bond donors (Lipinski definition) is 1. The van der Waals surface area contributed by atoms with Gasteiger partial charge in [0, 0.05) is 0 Å². The van der Waals surface area contributed by atoms with Gasteiger partial charge in [-0.1, -0.05) is 11.6 Å². The highest BCUT2D eigenvalue weighted by Gasteiger charge is 2.06. The summed E-state index contributed by atoms with van der Waals surface area (Å²) < 4.78 is 5.89. The second-order valence-corrected chi connectivity index (χ2v) is 3.09. The van der Waals surface area contributed by atoms with E-state index >= 15 is 0 Å². The molecule has 0 bridgehead atoms. The van der Waals surface area contributed by atoms with Crippen molar-refractivity contribution >= 4 is 29.2 Å². The number of amides is 1. The van der Waals surface area contributed by atoms with E-state index in [1.54, 1.807) is 12.1 Å². The van der Waals surface area contributed by atoms with Gasteiger partial charge in [-0.3, -0.25) is 5.32 Å². The predicted octanol–water partition coefficient (Wildman–Crippen LogP) is 1.56. The Morgan fingerprint density at radius 1 is 1.60 bits per heavy atom. The minimum absolute atomic E-state index is 0.351. The van der Waals surface area contributed by atoms with E-state index in [9.17, 15) is 4.79 Å². The van der Waals surface area contributed by atoms with Crippen molar-refractivity contribution < 1.29 is 9.53 Å². The maximum atomic E-state index is 10.9. The summed E-state index contributed by atoms with van der Waals surface area (Å²) in [7, 11) is 1.28. The van der Waals surface area contributed by atoms with Gasteiger partial charge in [-0.05, 0) is 12.1 Å². The molecule has 0 unspecified atom stereocenters. The molecule has 6 nitrogen and oxygen atoms in total. The van der Waals surface area contributed by atoms with Gasteiger partial charge >= 0.3 is 6.09 Å². The Labute approximate surface area is 89.8 Å². The fraction of sp³-hybridized carbons (Fsp3) is 0.125. The number of rotatable bonds is 1. The number of nitrogens with zero attached hydrogens (tertiary/aromatic N) is 3.